The summed E-state index contributed by atoms with van der Waals surface area (Å²) >= 11 is 5.83. The van der Waals surface area contributed by atoms with Crippen LogP contribution in [0.25, 0.3) is 10.9 Å². The second-order valence-corrected chi connectivity index (χ2v) is 4.70. The van der Waals surface area contributed by atoms with E-state index in [1.165, 1.54) is 12.1 Å². The predicted octanol–water partition coefficient (Wildman–Crippen LogP) is 3.97. The van der Waals surface area contributed by atoms with Crippen LogP contribution in [0.4, 0.5) is 10.1 Å². The Morgan fingerprint density at radius 1 is 1.26 bits per heavy atom. The van der Waals surface area contributed by atoms with Gasteiger partial charge in [0.2, 0.25) is 0 Å². The van der Waals surface area contributed by atoms with Gasteiger partial charge in [-0.2, -0.15) is 5.10 Å². The molecule has 2 N–H and O–H groups in total. The van der Waals surface area contributed by atoms with Gasteiger partial charge in [0.05, 0.1) is 11.7 Å². The summed E-state index contributed by atoms with van der Waals surface area (Å²) in [5.74, 6) is -0.328. The number of halogens is 2. The highest BCUT2D eigenvalue weighted by atomic mass is 35.5. The molecule has 0 bridgehead atoms. The van der Waals surface area contributed by atoms with Crippen LogP contribution in [0.1, 0.15) is 5.56 Å². The van der Waals surface area contributed by atoms with Gasteiger partial charge >= 0.3 is 0 Å². The molecule has 1 heterocycles. The first-order valence-corrected chi connectivity index (χ1v) is 6.21. The Hall–Kier alpha value is -2.07. The van der Waals surface area contributed by atoms with Crippen molar-refractivity contribution in [2.45, 2.75) is 6.54 Å². The molecule has 0 amide bonds. The minimum atomic E-state index is -0.328. The Balaban J connectivity index is 1.84. The van der Waals surface area contributed by atoms with Gasteiger partial charge in [0.15, 0.2) is 0 Å². The van der Waals surface area contributed by atoms with E-state index in [2.05, 4.69) is 15.5 Å². The van der Waals surface area contributed by atoms with E-state index in [0.717, 1.165) is 22.2 Å². The van der Waals surface area contributed by atoms with E-state index in [1.807, 2.05) is 18.2 Å². The lowest BCUT2D eigenvalue weighted by Crippen LogP contribution is -2.00. The molecule has 1 aromatic heterocycles. The summed E-state index contributed by atoms with van der Waals surface area (Å²) in [7, 11) is 0. The van der Waals surface area contributed by atoms with Crippen molar-refractivity contribution in [1.82, 2.24) is 10.2 Å². The van der Waals surface area contributed by atoms with Crippen molar-refractivity contribution in [3.05, 3.63) is 59.0 Å². The molecular weight excluding hydrogens is 265 g/mol. The minimum absolute atomic E-state index is 0.328. The van der Waals surface area contributed by atoms with Gasteiger partial charge in [-0.15, -0.1) is 0 Å². The fraction of sp³-hybridized carbons (Fsp3) is 0.0714. The highest BCUT2D eigenvalue weighted by Crippen LogP contribution is 2.22. The van der Waals surface area contributed by atoms with Gasteiger partial charge in [0, 0.05) is 22.6 Å². The van der Waals surface area contributed by atoms with Crippen LogP contribution in [0.2, 0.25) is 5.02 Å². The topological polar surface area (TPSA) is 40.7 Å². The summed E-state index contributed by atoms with van der Waals surface area (Å²) < 4.78 is 13.2. The number of aromatic nitrogens is 2. The standard InChI is InChI=1S/C14H11ClFN3/c15-10-4-9(5-11(16)6-10)7-17-13-2-1-3-14-12(13)8-18-19-14/h1-6,8,17H,7H2,(H,18,19). The van der Waals surface area contributed by atoms with Gasteiger partial charge in [-0.05, 0) is 35.9 Å². The maximum absolute atomic E-state index is 13.2. The van der Waals surface area contributed by atoms with Crippen LogP contribution in [0, 0.1) is 5.82 Å². The molecule has 5 heteroatoms. The Kier molecular flexibility index (Phi) is 3.09. The predicted molar refractivity (Wildman–Crippen MR) is 74.8 cm³/mol. The molecule has 3 rings (SSSR count). The van der Waals surface area contributed by atoms with Crippen LogP contribution < -0.4 is 5.32 Å². The molecule has 96 valence electrons. The van der Waals surface area contributed by atoms with E-state index in [9.17, 15) is 4.39 Å². The molecule has 3 nitrogen and oxygen atoms in total. The zero-order valence-electron chi connectivity index (χ0n) is 9.95. The minimum Gasteiger partial charge on any atom is -0.380 e. The Bertz CT molecular complexity index is 703. The van der Waals surface area contributed by atoms with Crippen LogP contribution in [0.15, 0.2) is 42.6 Å². The highest BCUT2D eigenvalue weighted by molar-refractivity contribution is 6.30. The lowest BCUT2D eigenvalue weighted by molar-refractivity contribution is 0.626. The van der Waals surface area contributed by atoms with Crippen LogP contribution in [0.3, 0.4) is 0 Å². The molecule has 0 atom stereocenters. The number of H-pyrrole nitrogens is 1. The van der Waals surface area contributed by atoms with Crippen molar-refractivity contribution in [2.24, 2.45) is 0 Å². The van der Waals surface area contributed by atoms with E-state index in [4.69, 9.17) is 11.6 Å². The number of hydrogen-bond acceptors (Lipinski definition) is 2. The number of anilines is 1. The fourth-order valence-corrected chi connectivity index (χ4v) is 2.28. The molecule has 2 aromatic carbocycles. The van der Waals surface area contributed by atoms with Crippen LogP contribution in [-0.4, -0.2) is 10.2 Å². The average molecular weight is 276 g/mol. The first-order valence-electron chi connectivity index (χ1n) is 5.83. The third-order valence-electron chi connectivity index (χ3n) is 2.89. The smallest absolute Gasteiger partial charge is 0.125 e. The van der Waals surface area contributed by atoms with Crippen molar-refractivity contribution >= 4 is 28.2 Å². The van der Waals surface area contributed by atoms with Crippen LogP contribution in [0.5, 0.6) is 0 Å². The molecule has 0 aliphatic heterocycles. The van der Waals surface area contributed by atoms with Gasteiger partial charge in [0.1, 0.15) is 5.82 Å². The average Bonchev–Trinajstić information content (AvgIpc) is 2.83. The Labute approximate surface area is 114 Å². The van der Waals surface area contributed by atoms with Crippen molar-refractivity contribution in [1.29, 1.82) is 0 Å². The molecule has 0 saturated heterocycles. The summed E-state index contributed by atoms with van der Waals surface area (Å²) in [6.45, 7) is 0.502. The zero-order chi connectivity index (χ0) is 13.2. The molecule has 0 aliphatic rings. The molecular formula is C14H11ClFN3. The molecule has 0 saturated carbocycles. The summed E-state index contributed by atoms with van der Waals surface area (Å²) in [4.78, 5) is 0. The number of hydrogen-bond donors (Lipinski definition) is 2. The number of benzene rings is 2. The number of nitrogens with zero attached hydrogens (tertiary/aromatic N) is 1. The molecule has 0 unspecified atom stereocenters. The second kappa shape index (κ2) is 4.90. The van der Waals surface area contributed by atoms with Gasteiger partial charge in [-0.25, -0.2) is 4.39 Å². The number of rotatable bonds is 3. The van der Waals surface area contributed by atoms with E-state index in [1.54, 1.807) is 12.3 Å². The summed E-state index contributed by atoms with van der Waals surface area (Å²) in [5, 5.41) is 11.6. The number of aromatic amines is 1. The highest BCUT2D eigenvalue weighted by Gasteiger charge is 2.03. The number of nitrogens with one attached hydrogen (secondary N) is 2. The Morgan fingerprint density at radius 2 is 2.16 bits per heavy atom. The van der Waals surface area contributed by atoms with Gasteiger partial charge in [-0.1, -0.05) is 17.7 Å². The molecule has 0 spiro atoms. The van der Waals surface area contributed by atoms with Gasteiger partial charge in [-0.3, -0.25) is 5.10 Å². The van der Waals surface area contributed by atoms with Crippen LogP contribution >= 0.6 is 11.6 Å². The number of fused-ring (bicyclic) bond motifs is 1. The van der Waals surface area contributed by atoms with E-state index in [-0.39, 0.29) is 5.82 Å². The lowest BCUT2D eigenvalue weighted by Gasteiger charge is -2.08. The van der Waals surface area contributed by atoms with Crippen LogP contribution in [-0.2, 0) is 6.54 Å². The van der Waals surface area contributed by atoms with E-state index in [0.29, 0.717) is 11.6 Å². The third kappa shape index (κ3) is 2.53. The third-order valence-corrected chi connectivity index (χ3v) is 3.11. The van der Waals surface area contributed by atoms with Crippen molar-refractivity contribution in [3.8, 4) is 0 Å². The fourth-order valence-electron chi connectivity index (χ4n) is 2.03. The SMILES string of the molecule is Fc1cc(Cl)cc(CNc2cccc3[nH]ncc23)c1. The molecule has 0 radical (unpaired) electrons. The Morgan fingerprint density at radius 3 is 3.00 bits per heavy atom. The molecule has 0 aliphatic carbocycles. The lowest BCUT2D eigenvalue weighted by atomic mass is 10.2. The largest absolute Gasteiger partial charge is 0.380 e. The summed E-state index contributed by atoms with van der Waals surface area (Å²) in [6.07, 6.45) is 1.76. The first kappa shape index (κ1) is 12.0. The van der Waals surface area contributed by atoms with Crippen molar-refractivity contribution in [3.63, 3.8) is 0 Å². The summed E-state index contributed by atoms with van der Waals surface area (Å²) in [6, 6.07) is 10.3. The molecule has 19 heavy (non-hydrogen) atoms. The van der Waals surface area contributed by atoms with Crippen molar-refractivity contribution < 1.29 is 4.39 Å². The van der Waals surface area contributed by atoms with E-state index >= 15 is 0 Å². The van der Waals surface area contributed by atoms with Crippen molar-refractivity contribution in [2.75, 3.05) is 5.32 Å². The quantitative estimate of drug-likeness (QED) is 0.759. The normalized spacial score (nSPS) is 10.8. The second-order valence-electron chi connectivity index (χ2n) is 4.27. The maximum atomic E-state index is 13.2. The summed E-state index contributed by atoms with van der Waals surface area (Å²) in [5.41, 5.74) is 2.71. The van der Waals surface area contributed by atoms with E-state index < -0.39 is 0 Å². The molecule has 3 aromatic rings. The van der Waals surface area contributed by atoms with Gasteiger partial charge in [0.25, 0.3) is 0 Å². The monoisotopic (exact) mass is 275 g/mol. The van der Waals surface area contributed by atoms with Gasteiger partial charge < -0.3 is 5.32 Å². The first-order chi connectivity index (χ1) is 9.22. The molecule has 0 fully saturated rings. The maximum Gasteiger partial charge on any atom is 0.125 e. The zero-order valence-corrected chi connectivity index (χ0v) is 10.7.